The molecule has 0 saturated heterocycles. The lowest BCUT2D eigenvalue weighted by Gasteiger charge is -2.14. The van der Waals surface area contributed by atoms with Crippen LogP contribution in [-0.2, 0) is 11.3 Å². The van der Waals surface area contributed by atoms with Crippen LogP contribution in [0.5, 0.6) is 5.75 Å². The zero-order chi connectivity index (χ0) is 21.1. The Labute approximate surface area is 168 Å². The first kappa shape index (κ1) is 20.5. The van der Waals surface area contributed by atoms with Crippen molar-refractivity contribution in [2.75, 3.05) is 13.7 Å². The molecule has 152 valence electrons. The van der Waals surface area contributed by atoms with Gasteiger partial charge in [0, 0.05) is 6.54 Å². The summed E-state index contributed by atoms with van der Waals surface area (Å²) in [6.07, 6.45) is 0.707. The molecule has 0 saturated carbocycles. The van der Waals surface area contributed by atoms with Crippen molar-refractivity contribution in [2.45, 2.75) is 26.9 Å². The molecule has 7 heteroatoms. The highest BCUT2D eigenvalue weighted by Gasteiger charge is 2.35. The number of methoxy groups -OCH3 is 1. The molecule has 0 fully saturated rings. The number of imide groups is 1. The molecule has 0 bridgehead atoms. The average Bonchev–Trinajstić information content (AvgIpc) is 2.94. The maximum atomic E-state index is 13.7. The van der Waals surface area contributed by atoms with Gasteiger partial charge >= 0.3 is 5.97 Å². The van der Waals surface area contributed by atoms with Crippen molar-refractivity contribution in [3.8, 4) is 5.75 Å². The minimum atomic E-state index is -0.662. The van der Waals surface area contributed by atoms with E-state index in [1.54, 1.807) is 6.07 Å². The van der Waals surface area contributed by atoms with Crippen molar-refractivity contribution in [1.29, 1.82) is 0 Å². The number of esters is 1. The number of benzene rings is 2. The van der Waals surface area contributed by atoms with Gasteiger partial charge in [-0.15, -0.1) is 0 Å². The molecule has 0 unspecified atom stereocenters. The van der Waals surface area contributed by atoms with Crippen LogP contribution in [-0.4, -0.2) is 36.3 Å². The molecular formula is C22H22FNO5. The lowest BCUT2D eigenvalue weighted by Crippen LogP contribution is -2.31. The third-order valence-corrected chi connectivity index (χ3v) is 4.72. The summed E-state index contributed by atoms with van der Waals surface area (Å²) in [5.74, 6) is -1.51. The molecule has 29 heavy (non-hydrogen) atoms. The van der Waals surface area contributed by atoms with Gasteiger partial charge in [-0.05, 0) is 48.2 Å². The number of hydrogen-bond acceptors (Lipinski definition) is 5. The molecule has 0 radical (unpaired) electrons. The second-order valence-corrected chi connectivity index (χ2v) is 7.25. The van der Waals surface area contributed by atoms with Gasteiger partial charge in [-0.1, -0.05) is 19.9 Å². The third kappa shape index (κ3) is 4.29. The first-order valence-corrected chi connectivity index (χ1v) is 9.31. The summed E-state index contributed by atoms with van der Waals surface area (Å²) in [4.78, 5) is 38.6. The van der Waals surface area contributed by atoms with Gasteiger partial charge in [0.25, 0.3) is 11.8 Å². The van der Waals surface area contributed by atoms with E-state index in [9.17, 15) is 18.8 Å². The van der Waals surface area contributed by atoms with E-state index in [-0.39, 0.29) is 35.0 Å². The number of carbonyl (C=O) groups excluding carboxylic acids is 3. The minimum absolute atomic E-state index is 0.101. The smallest absolute Gasteiger partial charge is 0.338 e. The number of carbonyl (C=O) groups is 3. The van der Waals surface area contributed by atoms with E-state index >= 15 is 0 Å². The van der Waals surface area contributed by atoms with Crippen LogP contribution in [0.4, 0.5) is 4.39 Å². The highest BCUT2D eigenvalue weighted by Crippen LogP contribution is 2.25. The summed E-state index contributed by atoms with van der Waals surface area (Å²) in [6, 6.07) is 8.56. The molecule has 0 aromatic heterocycles. The summed E-state index contributed by atoms with van der Waals surface area (Å²) in [5, 5.41) is 0. The van der Waals surface area contributed by atoms with E-state index in [4.69, 9.17) is 9.47 Å². The van der Waals surface area contributed by atoms with Crippen molar-refractivity contribution < 1.29 is 28.2 Å². The summed E-state index contributed by atoms with van der Waals surface area (Å²) in [7, 11) is 1.36. The monoisotopic (exact) mass is 399 g/mol. The van der Waals surface area contributed by atoms with Crippen molar-refractivity contribution >= 4 is 17.8 Å². The fourth-order valence-electron chi connectivity index (χ4n) is 3.04. The van der Waals surface area contributed by atoms with E-state index in [0.717, 1.165) is 0 Å². The Morgan fingerprint density at radius 1 is 1.07 bits per heavy atom. The molecule has 1 heterocycles. The summed E-state index contributed by atoms with van der Waals surface area (Å²) >= 11 is 0. The Balaban J connectivity index is 1.70. The van der Waals surface area contributed by atoms with E-state index in [1.807, 2.05) is 13.8 Å². The number of amides is 2. The molecule has 1 aliphatic rings. The van der Waals surface area contributed by atoms with Gasteiger partial charge in [-0.3, -0.25) is 14.5 Å². The molecule has 0 N–H and O–H groups in total. The number of halogens is 1. The second kappa shape index (κ2) is 8.43. The van der Waals surface area contributed by atoms with Crippen LogP contribution in [0.3, 0.4) is 0 Å². The van der Waals surface area contributed by atoms with Crippen LogP contribution in [0, 0.1) is 11.7 Å². The summed E-state index contributed by atoms with van der Waals surface area (Å²) in [6.45, 7) is 4.24. The fourth-order valence-corrected chi connectivity index (χ4v) is 3.04. The summed E-state index contributed by atoms with van der Waals surface area (Å²) < 4.78 is 23.8. The van der Waals surface area contributed by atoms with Crippen LogP contribution < -0.4 is 4.74 Å². The Hall–Kier alpha value is -3.22. The van der Waals surface area contributed by atoms with Crippen molar-refractivity contribution in [2.24, 2.45) is 5.92 Å². The second-order valence-electron chi connectivity index (χ2n) is 7.25. The first-order chi connectivity index (χ1) is 13.8. The molecular weight excluding hydrogens is 377 g/mol. The molecule has 6 nitrogen and oxygen atoms in total. The van der Waals surface area contributed by atoms with Gasteiger partial charge in [0.2, 0.25) is 0 Å². The molecule has 3 rings (SSSR count). The number of hydrogen-bond donors (Lipinski definition) is 0. The van der Waals surface area contributed by atoms with E-state index < -0.39 is 17.7 Å². The molecule has 0 spiro atoms. The Morgan fingerprint density at radius 3 is 2.45 bits per heavy atom. The largest absolute Gasteiger partial charge is 0.494 e. The van der Waals surface area contributed by atoms with E-state index in [0.29, 0.717) is 24.4 Å². The Morgan fingerprint density at radius 2 is 1.79 bits per heavy atom. The molecule has 2 amide bonds. The predicted octanol–water partition coefficient (Wildman–Crippen LogP) is 3.83. The van der Waals surface area contributed by atoms with Crippen LogP contribution in [0.1, 0.15) is 56.9 Å². The van der Waals surface area contributed by atoms with Gasteiger partial charge in [-0.25, -0.2) is 9.18 Å². The van der Waals surface area contributed by atoms with Crippen molar-refractivity contribution in [3.63, 3.8) is 0 Å². The minimum Gasteiger partial charge on any atom is -0.494 e. The normalized spacial score (nSPS) is 13.1. The van der Waals surface area contributed by atoms with Crippen molar-refractivity contribution in [3.05, 3.63) is 64.5 Å². The van der Waals surface area contributed by atoms with Crippen LogP contribution in [0.2, 0.25) is 0 Å². The number of fused-ring (bicyclic) bond motifs is 1. The number of nitrogens with zero attached hydrogens (tertiary/aromatic N) is 1. The third-order valence-electron chi connectivity index (χ3n) is 4.72. The zero-order valence-electron chi connectivity index (χ0n) is 16.5. The predicted molar refractivity (Wildman–Crippen MR) is 103 cm³/mol. The SMILES string of the molecule is COc1ccc(COC(=O)c2ccc3c(c2)C(=O)N(CCC(C)C)C3=O)cc1F. The van der Waals surface area contributed by atoms with Gasteiger partial charge in [0.15, 0.2) is 11.6 Å². The highest BCUT2D eigenvalue weighted by atomic mass is 19.1. The lowest BCUT2D eigenvalue weighted by atomic mass is 10.1. The standard InChI is InChI=1S/C22H22FNO5/c1-13(2)8-9-24-20(25)16-6-5-15(11-17(16)21(24)26)22(27)29-12-14-4-7-19(28-3)18(23)10-14/h4-7,10-11,13H,8-9,12H2,1-3H3. The van der Waals surface area contributed by atoms with Crippen LogP contribution in [0.25, 0.3) is 0 Å². The van der Waals surface area contributed by atoms with Crippen LogP contribution in [0.15, 0.2) is 36.4 Å². The van der Waals surface area contributed by atoms with E-state index in [2.05, 4.69) is 0 Å². The van der Waals surface area contributed by atoms with Gasteiger partial charge in [0.05, 0.1) is 23.8 Å². The maximum Gasteiger partial charge on any atom is 0.338 e. The summed E-state index contributed by atoms with van der Waals surface area (Å²) in [5.41, 5.74) is 1.10. The van der Waals surface area contributed by atoms with Gasteiger partial charge < -0.3 is 9.47 Å². The Kier molecular flexibility index (Phi) is 5.96. The maximum absolute atomic E-state index is 13.7. The fraction of sp³-hybridized carbons (Fsp3) is 0.318. The lowest BCUT2D eigenvalue weighted by molar-refractivity contribution is 0.0472. The topological polar surface area (TPSA) is 72.9 Å². The molecule has 2 aromatic carbocycles. The first-order valence-electron chi connectivity index (χ1n) is 9.31. The quantitative estimate of drug-likeness (QED) is 0.523. The molecule has 0 aliphatic carbocycles. The van der Waals surface area contributed by atoms with Gasteiger partial charge in [-0.2, -0.15) is 0 Å². The molecule has 2 aromatic rings. The molecule has 0 atom stereocenters. The van der Waals surface area contributed by atoms with Crippen LogP contribution >= 0.6 is 0 Å². The van der Waals surface area contributed by atoms with E-state index in [1.165, 1.54) is 42.3 Å². The zero-order valence-corrected chi connectivity index (χ0v) is 16.5. The number of rotatable bonds is 7. The van der Waals surface area contributed by atoms with Gasteiger partial charge in [0.1, 0.15) is 6.61 Å². The Bertz CT molecular complexity index is 970. The average molecular weight is 399 g/mol. The van der Waals surface area contributed by atoms with Crippen molar-refractivity contribution in [1.82, 2.24) is 4.90 Å². The molecule has 1 aliphatic heterocycles. The highest BCUT2D eigenvalue weighted by molar-refractivity contribution is 6.21. The number of ether oxygens (including phenoxy) is 2.